The summed E-state index contributed by atoms with van der Waals surface area (Å²) >= 11 is 0. The third kappa shape index (κ3) is 3.69. The van der Waals surface area contributed by atoms with E-state index in [0.29, 0.717) is 5.41 Å². The Morgan fingerprint density at radius 2 is 1.88 bits per heavy atom. The lowest BCUT2D eigenvalue weighted by atomic mass is 9.79. The SMILES string of the molecule is CCOCCC1(CNC(C)(C)C)CC2CC2C1. The maximum Gasteiger partial charge on any atom is 0.0471 e. The van der Waals surface area contributed by atoms with E-state index < -0.39 is 0 Å². The summed E-state index contributed by atoms with van der Waals surface area (Å²) in [5.74, 6) is 2.11. The van der Waals surface area contributed by atoms with E-state index in [-0.39, 0.29) is 5.54 Å². The van der Waals surface area contributed by atoms with Gasteiger partial charge in [-0.25, -0.2) is 0 Å². The van der Waals surface area contributed by atoms with Gasteiger partial charge in [-0.3, -0.25) is 0 Å². The summed E-state index contributed by atoms with van der Waals surface area (Å²) in [5, 5.41) is 3.72. The molecule has 0 radical (unpaired) electrons. The molecule has 1 N–H and O–H groups in total. The molecule has 0 heterocycles. The van der Waals surface area contributed by atoms with E-state index in [1.165, 1.54) is 32.2 Å². The molecule has 0 aromatic rings. The summed E-state index contributed by atoms with van der Waals surface area (Å²) in [7, 11) is 0. The largest absolute Gasteiger partial charge is 0.382 e. The highest BCUT2D eigenvalue weighted by molar-refractivity contribution is 5.04. The first kappa shape index (κ1) is 13.4. The van der Waals surface area contributed by atoms with Crippen LogP contribution in [0.5, 0.6) is 0 Å². The van der Waals surface area contributed by atoms with Gasteiger partial charge in [0.15, 0.2) is 0 Å². The zero-order valence-corrected chi connectivity index (χ0v) is 12.0. The van der Waals surface area contributed by atoms with Crippen LogP contribution in [0.15, 0.2) is 0 Å². The molecule has 0 aromatic carbocycles. The molecule has 2 fully saturated rings. The van der Waals surface area contributed by atoms with E-state index in [2.05, 4.69) is 33.0 Å². The molecule has 2 saturated carbocycles. The van der Waals surface area contributed by atoms with Gasteiger partial charge in [0.2, 0.25) is 0 Å². The lowest BCUT2D eigenvalue weighted by Crippen LogP contribution is -2.44. The average molecular weight is 239 g/mol. The molecule has 2 rings (SSSR count). The van der Waals surface area contributed by atoms with Crippen LogP contribution in [-0.4, -0.2) is 25.3 Å². The highest BCUT2D eigenvalue weighted by Crippen LogP contribution is 2.60. The highest BCUT2D eigenvalue weighted by Gasteiger charge is 2.53. The fourth-order valence-electron chi connectivity index (χ4n) is 3.33. The number of hydrogen-bond donors (Lipinski definition) is 1. The number of fused-ring (bicyclic) bond motifs is 1. The molecule has 0 aromatic heterocycles. The van der Waals surface area contributed by atoms with Crippen molar-refractivity contribution >= 4 is 0 Å². The molecule has 17 heavy (non-hydrogen) atoms. The predicted molar refractivity (Wildman–Crippen MR) is 72.1 cm³/mol. The topological polar surface area (TPSA) is 21.3 Å². The van der Waals surface area contributed by atoms with Crippen LogP contribution in [0.4, 0.5) is 0 Å². The van der Waals surface area contributed by atoms with Gasteiger partial charge in [0.1, 0.15) is 0 Å². The number of ether oxygens (including phenoxy) is 1. The first-order valence-electron chi connectivity index (χ1n) is 7.27. The molecule has 2 heteroatoms. The number of hydrogen-bond acceptors (Lipinski definition) is 2. The molecular formula is C15H29NO. The second-order valence-electron chi connectivity index (χ2n) is 7.21. The second kappa shape index (κ2) is 4.89. The van der Waals surface area contributed by atoms with Crippen molar-refractivity contribution in [2.75, 3.05) is 19.8 Å². The van der Waals surface area contributed by atoms with Crippen molar-refractivity contribution in [3.05, 3.63) is 0 Å². The normalized spacial score (nSPS) is 36.0. The van der Waals surface area contributed by atoms with Gasteiger partial charge in [0.05, 0.1) is 0 Å². The zero-order valence-electron chi connectivity index (χ0n) is 12.0. The van der Waals surface area contributed by atoms with E-state index >= 15 is 0 Å². The monoisotopic (exact) mass is 239 g/mol. The van der Waals surface area contributed by atoms with Crippen molar-refractivity contribution in [2.24, 2.45) is 17.3 Å². The van der Waals surface area contributed by atoms with E-state index in [9.17, 15) is 0 Å². The first-order valence-corrected chi connectivity index (χ1v) is 7.27. The van der Waals surface area contributed by atoms with Crippen LogP contribution in [0.3, 0.4) is 0 Å². The quantitative estimate of drug-likeness (QED) is 0.719. The summed E-state index contributed by atoms with van der Waals surface area (Å²) in [6.45, 7) is 11.9. The van der Waals surface area contributed by atoms with Crippen molar-refractivity contribution in [3.8, 4) is 0 Å². The van der Waals surface area contributed by atoms with Crippen LogP contribution in [-0.2, 0) is 4.74 Å². The average Bonchev–Trinajstić information content (AvgIpc) is 2.84. The minimum atomic E-state index is 0.241. The second-order valence-corrected chi connectivity index (χ2v) is 7.21. The fraction of sp³-hybridized carbons (Fsp3) is 1.00. The molecule has 2 aliphatic carbocycles. The third-order valence-corrected chi connectivity index (χ3v) is 4.43. The Hall–Kier alpha value is -0.0800. The standard InChI is InChI=1S/C15H29NO/c1-5-17-7-6-15(11-16-14(2,3)4)9-12-8-13(12)10-15/h12-13,16H,5-11H2,1-4H3. The Bertz CT molecular complexity index is 246. The van der Waals surface area contributed by atoms with Gasteiger partial charge in [0.25, 0.3) is 0 Å². The maximum atomic E-state index is 5.57. The van der Waals surface area contributed by atoms with Crippen LogP contribution >= 0.6 is 0 Å². The van der Waals surface area contributed by atoms with Crippen LogP contribution < -0.4 is 5.32 Å². The molecule has 0 spiro atoms. The molecule has 0 saturated heterocycles. The molecule has 0 bridgehead atoms. The summed E-state index contributed by atoms with van der Waals surface area (Å²) in [6, 6.07) is 0. The fourth-order valence-corrected chi connectivity index (χ4v) is 3.33. The molecule has 2 unspecified atom stereocenters. The van der Waals surface area contributed by atoms with Gasteiger partial charge in [-0.15, -0.1) is 0 Å². The number of rotatable bonds is 6. The minimum absolute atomic E-state index is 0.241. The summed E-state index contributed by atoms with van der Waals surface area (Å²) in [6.07, 6.45) is 5.63. The smallest absolute Gasteiger partial charge is 0.0471 e. The molecule has 2 atom stereocenters. The summed E-state index contributed by atoms with van der Waals surface area (Å²) in [5.41, 5.74) is 0.779. The predicted octanol–water partition coefficient (Wildman–Crippen LogP) is 3.22. The van der Waals surface area contributed by atoms with E-state index in [0.717, 1.165) is 25.0 Å². The lowest BCUT2D eigenvalue weighted by Gasteiger charge is -2.35. The van der Waals surface area contributed by atoms with Gasteiger partial charge in [0, 0.05) is 25.3 Å². The van der Waals surface area contributed by atoms with Gasteiger partial charge < -0.3 is 10.1 Å². The third-order valence-electron chi connectivity index (χ3n) is 4.43. The maximum absolute atomic E-state index is 5.57. The minimum Gasteiger partial charge on any atom is -0.382 e. The Kier molecular flexibility index (Phi) is 3.84. The molecule has 0 aliphatic heterocycles. The Morgan fingerprint density at radius 3 is 2.41 bits per heavy atom. The van der Waals surface area contributed by atoms with Crippen LogP contribution in [0.25, 0.3) is 0 Å². The Balaban J connectivity index is 1.84. The van der Waals surface area contributed by atoms with Crippen molar-refractivity contribution < 1.29 is 4.74 Å². The van der Waals surface area contributed by atoms with Crippen molar-refractivity contribution in [3.63, 3.8) is 0 Å². The van der Waals surface area contributed by atoms with Crippen LogP contribution in [0.2, 0.25) is 0 Å². The molecule has 2 nitrogen and oxygen atoms in total. The van der Waals surface area contributed by atoms with Gasteiger partial charge in [-0.1, -0.05) is 0 Å². The van der Waals surface area contributed by atoms with Gasteiger partial charge in [-0.2, -0.15) is 0 Å². The molecule has 0 amide bonds. The van der Waals surface area contributed by atoms with Crippen LogP contribution in [0.1, 0.15) is 53.4 Å². The molecule has 2 aliphatic rings. The molecule has 100 valence electrons. The van der Waals surface area contributed by atoms with E-state index in [1.54, 1.807) is 0 Å². The van der Waals surface area contributed by atoms with E-state index in [4.69, 9.17) is 4.74 Å². The van der Waals surface area contributed by atoms with E-state index in [1.807, 2.05) is 0 Å². The van der Waals surface area contributed by atoms with Crippen molar-refractivity contribution in [2.45, 2.75) is 58.9 Å². The highest BCUT2D eigenvalue weighted by atomic mass is 16.5. The van der Waals surface area contributed by atoms with Gasteiger partial charge in [-0.05, 0) is 70.6 Å². The lowest BCUT2D eigenvalue weighted by molar-refractivity contribution is 0.0936. The van der Waals surface area contributed by atoms with Crippen LogP contribution in [0, 0.1) is 17.3 Å². The summed E-state index contributed by atoms with van der Waals surface area (Å²) in [4.78, 5) is 0. The first-order chi connectivity index (χ1) is 7.94. The number of nitrogens with one attached hydrogen (secondary N) is 1. The summed E-state index contributed by atoms with van der Waals surface area (Å²) < 4.78 is 5.57. The van der Waals surface area contributed by atoms with Gasteiger partial charge >= 0.3 is 0 Å². The van der Waals surface area contributed by atoms with Crippen molar-refractivity contribution in [1.29, 1.82) is 0 Å². The molecular weight excluding hydrogens is 210 g/mol. The zero-order chi connectivity index (χ0) is 12.5. The Labute approximate surface area is 107 Å². The van der Waals surface area contributed by atoms with Crippen molar-refractivity contribution in [1.82, 2.24) is 5.32 Å². The Morgan fingerprint density at radius 1 is 1.24 bits per heavy atom.